The second-order valence-corrected chi connectivity index (χ2v) is 6.39. The molecule has 0 spiro atoms. The number of benzene rings is 1. The fraction of sp³-hybridized carbons (Fsp3) is 0.312. The van der Waals surface area contributed by atoms with E-state index in [4.69, 9.17) is 0 Å². The van der Waals surface area contributed by atoms with E-state index in [2.05, 4.69) is 15.6 Å². The van der Waals surface area contributed by atoms with Crippen molar-refractivity contribution in [2.24, 2.45) is 0 Å². The van der Waals surface area contributed by atoms with Crippen molar-refractivity contribution < 1.29 is 14.0 Å². The van der Waals surface area contributed by atoms with E-state index >= 15 is 0 Å². The van der Waals surface area contributed by atoms with E-state index < -0.39 is 0 Å². The number of nitrogens with one attached hydrogen (secondary N) is 2. The van der Waals surface area contributed by atoms with Crippen LogP contribution in [0.3, 0.4) is 0 Å². The normalized spacial score (nSPS) is 15.0. The van der Waals surface area contributed by atoms with Crippen molar-refractivity contribution in [3.8, 4) is 0 Å². The average Bonchev–Trinajstić information content (AvgIpc) is 3.19. The monoisotopic (exact) mass is 333 g/mol. The summed E-state index contributed by atoms with van der Waals surface area (Å²) in [5.74, 6) is -0.912. The van der Waals surface area contributed by atoms with Gasteiger partial charge in [0.2, 0.25) is 0 Å². The summed E-state index contributed by atoms with van der Waals surface area (Å²) in [6.45, 7) is 1.80. The summed E-state index contributed by atoms with van der Waals surface area (Å²) in [7, 11) is 0. The average molecular weight is 333 g/mol. The standard InChI is InChI=1S/C16H16FN3O2S/c1-9(10-2-4-11(17)5-3-10)18-14(21)13-8-23-16(20-13)15(22)19-12-6-7-12/h2-5,8-9,12H,6-7H2,1H3,(H,18,21)(H,19,22). The van der Waals surface area contributed by atoms with Gasteiger partial charge in [0, 0.05) is 11.4 Å². The molecule has 2 N–H and O–H groups in total. The third-order valence-corrected chi connectivity index (χ3v) is 4.40. The lowest BCUT2D eigenvalue weighted by Crippen LogP contribution is -2.28. The second kappa shape index (κ2) is 6.45. The van der Waals surface area contributed by atoms with Crippen molar-refractivity contribution in [2.45, 2.75) is 31.8 Å². The predicted molar refractivity (Wildman–Crippen MR) is 84.9 cm³/mol. The molecular formula is C16H16FN3O2S. The molecule has 5 nitrogen and oxygen atoms in total. The number of nitrogens with zero attached hydrogens (tertiary/aromatic N) is 1. The SMILES string of the molecule is CC(NC(=O)c1csc(C(=O)NC2CC2)n1)c1ccc(F)cc1. The third-order valence-electron chi connectivity index (χ3n) is 3.56. The van der Waals surface area contributed by atoms with Crippen molar-refractivity contribution in [2.75, 3.05) is 0 Å². The van der Waals surface area contributed by atoms with Crippen LogP contribution < -0.4 is 10.6 Å². The molecule has 1 fully saturated rings. The van der Waals surface area contributed by atoms with Crippen LogP contribution in [0.2, 0.25) is 0 Å². The Morgan fingerprint density at radius 3 is 2.61 bits per heavy atom. The van der Waals surface area contributed by atoms with Gasteiger partial charge in [-0.05, 0) is 37.5 Å². The van der Waals surface area contributed by atoms with Crippen molar-refractivity contribution in [3.63, 3.8) is 0 Å². The van der Waals surface area contributed by atoms with Crippen LogP contribution >= 0.6 is 11.3 Å². The maximum Gasteiger partial charge on any atom is 0.280 e. The molecule has 0 bridgehead atoms. The molecule has 0 radical (unpaired) electrons. The summed E-state index contributed by atoms with van der Waals surface area (Å²) in [6.07, 6.45) is 2.00. The van der Waals surface area contributed by atoms with Gasteiger partial charge >= 0.3 is 0 Å². The number of aromatic nitrogens is 1. The zero-order valence-electron chi connectivity index (χ0n) is 12.5. The van der Waals surface area contributed by atoms with Gasteiger partial charge in [0.05, 0.1) is 6.04 Å². The highest BCUT2D eigenvalue weighted by molar-refractivity contribution is 7.11. The van der Waals surface area contributed by atoms with Gasteiger partial charge in [0.1, 0.15) is 11.5 Å². The highest BCUT2D eigenvalue weighted by Crippen LogP contribution is 2.20. The summed E-state index contributed by atoms with van der Waals surface area (Å²) in [6, 6.07) is 5.91. The highest BCUT2D eigenvalue weighted by Gasteiger charge is 2.25. The predicted octanol–water partition coefficient (Wildman–Crippen LogP) is 2.67. The molecule has 0 saturated heterocycles. The number of rotatable bonds is 5. The number of halogens is 1. The first-order valence-corrected chi connectivity index (χ1v) is 8.23. The molecular weight excluding hydrogens is 317 g/mol. The quantitative estimate of drug-likeness (QED) is 0.884. The van der Waals surface area contributed by atoms with Gasteiger partial charge in [-0.1, -0.05) is 12.1 Å². The Labute approximate surface area is 136 Å². The van der Waals surface area contributed by atoms with Crippen LogP contribution in [0, 0.1) is 5.82 Å². The molecule has 120 valence electrons. The van der Waals surface area contributed by atoms with Crippen LogP contribution in [0.5, 0.6) is 0 Å². The van der Waals surface area contributed by atoms with Crippen LogP contribution in [0.1, 0.15) is 51.7 Å². The molecule has 1 saturated carbocycles. The Kier molecular flexibility index (Phi) is 4.38. The summed E-state index contributed by atoms with van der Waals surface area (Å²) in [5.41, 5.74) is 1.01. The van der Waals surface area contributed by atoms with Crippen molar-refractivity contribution in [3.05, 3.63) is 51.7 Å². The van der Waals surface area contributed by atoms with Gasteiger partial charge in [-0.15, -0.1) is 11.3 Å². The molecule has 7 heteroatoms. The fourth-order valence-corrected chi connectivity index (χ4v) is 2.76. The van der Waals surface area contributed by atoms with Gasteiger partial charge < -0.3 is 10.6 Å². The minimum absolute atomic E-state index is 0.213. The molecule has 3 rings (SSSR count). The molecule has 1 aliphatic rings. The Hall–Kier alpha value is -2.28. The van der Waals surface area contributed by atoms with Crippen molar-refractivity contribution >= 4 is 23.2 Å². The van der Waals surface area contributed by atoms with Gasteiger partial charge in [0.15, 0.2) is 5.01 Å². The van der Waals surface area contributed by atoms with E-state index in [9.17, 15) is 14.0 Å². The molecule has 0 aliphatic heterocycles. The summed E-state index contributed by atoms with van der Waals surface area (Å²) < 4.78 is 12.9. The number of hydrogen-bond acceptors (Lipinski definition) is 4. The van der Waals surface area contributed by atoms with Crippen LogP contribution in [0.4, 0.5) is 4.39 Å². The first-order chi connectivity index (χ1) is 11.0. The summed E-state index contributed by atoms with van der Waals surface area (Å²) in [5, 5.41) is 7.48. The zero-order chi connectivity index (χ0) is 16.4. The van der Waals surface area contributed by atoms with Crippen molar-refractivity contribution in [1.82, 2.24) is 15.6 Å². The Morgan fingerprint density at radius 2 is 1.96 bits per heavy atom. The number of carbonyl (C=O) groups excluding carboxylic acids is 2. The lowest BCUT2D eigenvalue weighted by atomic mass is 10.1. The number of amides is 2. The minimum atomic E-state index is -0.358. The van der Waals surface area contributed by atoms with Gasteiger partial charge in [-0.2, -0.15) is 0 Å². The molecule has 2 aromatic rings. The lowest BCUT2D eigenvalue weighted by molar-refractivity contribution is 0.0935. The first-order valence-electron chi connectivity index (χ1n) is 7.35. The van der Waals surface area contributed by atoms with Crippen molar-refractivity contribution in [1.29, 1.82) is 0 Å². The second-order valence-electron chi connectivity index (χ2n) is 5.53. The van der Waals surface area contributed by atoms with Crippen LogP contribution in [0.25, 0.3) is 0 Å². The van der Waals surface area contributed by atoms with Gasteiger partial charge in [-0.25, -0.2) is 9.37 Å². The van der Waals surface area contributed by atoms with E-state index in [1.165, 1.54) is 12.1 Å². The maximum atomic E-state index is 12.9. The minimum Gasteiger partial charge on any atom is -0.347 e. The molecule has 1 aromatic carbocycles. The van der Waals surface area contributed by atoms with Gasteiger partial charge in [-0.3, -0.25) is 9.59 Å². The fourth-order valence-electron chi connectivity index (χ4n) is 2.06. The smallest absolute Gasteiger partial charge is 0.280 e. The molecule has 23 heavy (non-hydrogen) atoms. The van der Waals surface area contributed by atoms with Crippen LogP contribution in [-0.2, 0) is 0 Å². The van der Waals surface area contributed by atoms with E-state index in [1.807, 2.05) is 0 Å². The van der Waals surface area contributed by atoms with Crippen LogP contribution in [0.15, 0.2) is 29.6 Å². The lowest BCUT2D eigenvalue weighted by Gasteiger charge is -2.13. The Balaban J connectivity index is 1.62. The summed E-state index contributed by atoms with van der Waals surface area (Å²) >= 11 is 1.15. The molecule has 1 heterocycles. The topological polar surface area (TPSA) is 71.1 Å². The van der Waals surface area contributed by atoms with Crippen LogP contribution in [-0.4, -0.2) is 22.8 Å². The highest BCUT2D eigenvalue weighted by atomic mass is 32.1. The maximum absolute atomic E-state index is 12.9. The molecule has 1 atom stereocenters. The zero-order valence-corrected chi connectivity index (χ0v) is 13.3. The first kappa shape index (κ1) is 15.6. The molecule has 1 aromatic heterocycles. The Bertz CT molecular complexity index is 725. The largest absolute Gasteiger partial charge is 0.347 e. The number of carbonyl (C=O) groups is 2. The number of thiazole rings is 1. The van der Waals surface area contributed by atoms with E-state index in [-0.39, 0.29) is 40.4 Å². The Morgan fingerprint density at radius 1 is 1.26 bits per heavy atom. The molecule has 2 amide bonds. The third kappa shape index (κ3) is 3.92. The van der Waals surface area contributed by atoms with E-state index in [0.29, 0.717) is 0 Å². The molecule has 1 unspecified atom stereocenters. The summed E-state index contributed by atoms with van der Waals surface area (Å²) in [4.78, 5) is 28.2. The van der Waals surface area contributed by atoms with E-state index in [0.717, 1.165) is 29.7 Å². The molecule has 1 aliphatic carbocycles. The van der Waals surface area contributed by atoms with E-state index in [1.54, 1.807) is 24.4 Å². The van der Waals surface area contributed by atoms with Gasteiger partial charge in [0.25, 0.3) is 11.8 Å². The number of hydrogen-bond donors (Lipinski definition) is 2.